The summed E-state index contributed by atoms with van der Waals surface area (Å²) < 4.78 is 5.35. The number of hydrogen-bond acceptors (Lipinski definition) is 7. The number of thioether (sulfide) groups is 1. The van der Waals surface area contributed by atoms with E-state index in [9.17, 15) is 15.0 Å². The first-order valence-corrected chi connectivity index (χ1v) is 10.5. The number of nitrogens with two attached hydrogens (primary N) is 1. The first kappa shape index (κ1) is 18.5. The zero-order valence-corrected chi connectivity index (χ0v) is 16.1. The van der Waals surface area contributed by atoms with Crippen molar-refractivity contribution in [3.8, 4) is 0 Å². The number of rotatable bonds is 5. The van der Waals surface area contributed by atoms with E-state index in [0.29, 0.717) is 13.1 Å². The molecule has 0 bridgehead atoms. The Balaban J connectivity index is 1.66. The van der Waals surface area contributed by atoms with Gasteiger partial charge < -0.3 is 25.3 Å². The van der Waals surface area contributed by atoms with Crippen molar-refractivity contribution in [2.75, 3.05) is 0 Å². The van der Waals surface area contributed by atoms with E-state index in [0.717, 1.165) is 15.8 Å². The van der Waals surface area contributed by atoms with Crippen LogP contribution in [0.15, 0.2) is 45.3 Å². The van der Waals surface area contributed by atoms with Gasteiger partial charge in [0.2, 0.25) is 5.91 Å². The summed E-state index contributed by atoms with van der Waals surface area (Å²) >= 11 is 3.07. The molecule has 4 N–H and O–H groups in total. The quantitative estimate of drug-likeness (QED) is 0.691. The topological polar surface area (TPSA) is 112 Å². The number of nitrogens with zero attached hydrogens (tertiary/aromatic N) is 2. The predicted octanol–water partition coefficient (Wildman–Crippen LogP) is 1.41. The minimum absolute atomic E-state index is 0.170. The Labute approximate surface area is 164 Å². The van der Waals surface area contributed by atoms with Gasteiger partial charge in [0.25, 0.3) is 0 Å². The van der Waals surface area contributed by atoms with Gasteiger partial charge in [0.1, 0.15) is 11.9 Å². The number of amidine groups is 1. The van der Waals surface area contributed by atoms with Gasteiger partial charge >= 0.3 is 0 Å². The molecule has 2 fully saturated rings. The van der Waals surface area contributed by atoms with Gasteiger partial charge in [-0.05, 0) is 30.0 Å². The molecule has 0 radical (unpaired) electrons. The number of hydrogen-bond donors (Lipinski definition) is 3. The maximum atomic E-state index is 12.0. The van der Waals surface area contributed by atoms with E-state index in [2.05, 4.69) is 4.99 Å². The van der Waals surface area contributed by atoms with E-state index in [1.54, 1.807) is 17.6 Å². The van der Waals surface area contributed by atoms with E-state index in [-0.39, 0.29) is 11.7 Å². The lowest BCUT2D eigenvalue weighted by Crippen LogP contribution is -2.58. The second kappa shape index (κ2) is 7.67. The van der Waals surface area contributed by atoms with Crippen molar-refractivity contribution in [3.05, 3.63) is 46.5 Å². The fraction of sp³-hybridized carbons (Fsp3) is 0.444. The van der Waals surface area contributed by atoms with Gasteiger partial charge in [-0.2, -0.15) is 0 Å². The molecule has 3 heterocycles. The number of aliphatic imine (C=N–C) groups is 1. The molecule has 1 saturated carbocycles. The summed E-state index contributed by atoms with van der Waals surface area (Å²) in [5.74, 6) is -0.228. The molecule has 5 unspecified atom stereocenters. The number of furan rings is 1. The van der Waals surface area contributed by atoms with Gasteiger partial charge in [-0.3, -0.25) is 9.79 Å². The number of aliphatic hydroxyl groups is 2. The van der Waals surface area contributed by atoms with Crippen molar-refractivity contribution in [2.45, 2.75) is 43.0 Å². The number of aliphatic hydroxyl groups excluding tert-OH is 2. The average molecular weight is 408 g/mol. The molecule has 0 spiro atoms. The summed E-state index contributed by atoms with van der Waals surface area (Å²) in [4.78, 5) is 19.8. The molecule has 9 heteroatoms. The maximum absolute atomic E-state index is 12.0. The first-order chi connectivity index (χ1) is 13.0. The molecule has 0 aromatic carbocycles. The fourth-order valence-electron chi connectivity index (χ4n) is 3.72. The summed E-state index contributed by atoms with van der Waals surface area (Å²) in [7, 11) is 0. The first-order valence-electron chi connectivity index (χ1n) is 8.72. The lowest BCUT2D eigenvalue weighted by atomic mass is 9.80. The van der Waals surface area contributed by atoms with Gasteiger partial charge in [-0.15, -0.1) is 11.3 Å². The van der Waals surface area contributed by atoms with Crippen molar-refractivity contribution in [1.82, 2.24) is 4.90 Å². The molecule has 2 aromatic rings. The van der Waals surface area contributed by atoms with Crippen LogP contribution in [0.2, 0.25) is 0 Å². The highest BCUT2D eigenvalue weighted by Crippen LogP contribution is 2.44. The molecule has 27 heavy (non-hydrogen) atoms. The van der Waals surface area contributed by atoms with Crippen LogP contribution in [0.25, 0.3) is 0 Å². The van der Waals surface area contributed by atoms with E-state index in [4.69, 9.17) is 10.2 Å². The third-order valence-electron chi connectivity index (χ3n) is 5.04. The minimum Gasteiger partial charge on any atom is -0.467 e. The van der Waals surface area contributed by atoms with E-state index >= 15 is 0 Å². The summed E-state index contributed by atoms with van der Waals surface area (Å²) in [6.07, 6.45) is -0.179. The SMILES string of the molecule is NC(=O)C1CC(O)C(O)C2C1SC(=NCc1ccco1)N2Cc1cccs1. The molecule has 2 aromatic heterocycles. The molecule has 5 atom stereocenters. The van der Waals surface area contributed by atoms with Crippen LogP contribution < -0.4 is 5.73 Å². The standard InChI is InChI=1S/C18H21N3O4S2/c19-17(24)12-7-13(22)15(23)14-16(12)27-18(20-8-10-3-1-5-25-10)21(14)9-11-4-2-6-26-11/h1-6,12-16,22-23H,7-9H2,(H2,19,24). The summed E-state index contributed by atoms with van der Waals surface area (Å²) in [6, 6.07) is 7.23. The van der Waals surface area contributed by atoms with Crippen LogP contribution in [-0.2, 0) is 17.9 Å². The molecule has 1 aliphatic carbocycles. The number of amides is 1. The summed E-state index contributed by atoms with van der Waals surface area (Å²) in [5.41, 5.74) is 5.59. The van der Waals surface area contributed by atoms with E-state index in [1.807, 2.05) is 34.5 Å². The number of primary amides is 1. The third kappa shape index (κ3) is 3.64. The highest BCUT2D eigenvalue weighted by Gasteiger charge is 2.54. The monoisotopic (exact) mass is 407 g/mol. The van der Waals surface area contributed by atoms with E-state index < -0.39 is 30.1 Å². The second-order valence-corrected chi connectivity index (χ2v) is 8.94. The van der Waals surface area contributed by atoms with Crippen LogP contribution in [0.1, 0.15) is 17.1 Å². The highest BCUT2D eigenvalue weighted by molar-refractivity contribution is 8.14. The van der Waals surface area contributed by atoms with Crippen LogP contribution in [0.3, 0.4) is 0 Å². The van der Waals surface area contributed by atoms with Crippen molar-refractivity contribution >= 4 is 34.2 Å². The molecular formula is C18H21N3O4S2. The number of carbonyl (C=O) groups excluding carboxylic acids is 1. The summed E-state index contributed by atoms with van der Waals surface area (Å²) in [5, 5.41) is 23.5. The molecule has 1 saturated heterocycles. The van der Waals surface area contributed by atoms with Crippen LogP contribution in [0.4, 0.5) is 0 Å². The van der Waals surface area contributed by atoms with Gasteiger partial charge in [0, 0.05) is 10.1 Å². The van der Waals surface area contributed by atoms with Gasteiger partial charge in [0.15, 0.2) is 5.17 Å². The lowest BCUT2D eigenvalue weighted by Gasteiger charge is -2.41. The van der Waals surface area contributed by atoms with Gasteiger partial charge in [-0.25, -0.2) is 0 Å². The molecule has 144 valence electrons. The van der Waals surface area contributed by atoms with E-state index in [1.165, 1.54) is 11.8 Å². The molecule has 7 nitrogen and oxygen atoms in total. The Kier molecular flexibility index (Phi) is 5.27. The summed E-state index contributed by atoms with van der Waals surface area (Å²) in [6.45, 7) is 0.924. The zero-order valence-electron chi connectivity index (χ0n) is 14.5. The molecular weight excluding hydrogens is 386 g/mol. The van der Waals surface area contributed by atoms with Gasteiger partial charge in [0.05, 0.1) is 37.4 Å². The van der Waals surface area contributed by atoms with Crippen molar-refractivity contribution in [3.63, 3.8) is 0 Å². The Morgan fingerprint density at radius 3 is 2.89 bits per heavy atom. The van der Waals surface area contributed by atoms with Crippen LogP contribution >= 0.6 is 23.1 Å². The lowest BCUT2D eigenvalue weighted by molar-refractivity contribution is -0.128. The molecule has 1 aliphatic heterocycles. The largest absolute Gasteiger partial charge is 0.467 e. The highest BCUT2D eigenvalue weighted by atomic mass is 32.2. The van der Waals surface area contributed by atoms with Crippen molar-refractivity contribution in [2.24, 2.45) is 16.6 Å². The molecule has 4 rings (SSSR count). The molecule has 2 aliphatic rings. The Bertz CT molecular complexity index is 809. The zero-order chi connectivity index (χ0) is 19.0. The Hall–Kier alpha value is -1.81. The normalized spacial score (nSPS) is 32.0. The van der Waals surface area contributed by atoms with Crippen molar-refractivity contribution in [1.29, 1.82) is 0 Å². The number of fused-ring (bicyclic) bond motifs is 1. The average Bonchev–Trinajstić information content (AvgIpc) is 3.38. The van der Waals surface area contributed by atoms with Crippen LogP contribution in [0.5, 0.6) is 0 Å². The van der Waals surface area contributed by atoms with Gasteiger partial charge in [-0.1, -0.05) is 17.8 Å². The maximum Gasteiger partial charge on any atom is 0.221 e. The predicted molar refractivity (Wildman–Crippen MR) is 104 cm³/mol. The second-order valence-electron chi connectivity index (χ2n) is 6.76. The minimum atomic E-state index is -0.986. The molecule has 1 amide bonds. The van der Waals surface area contributed by atoms with Crippen molar-refractivity contribution < 1.29 is 19.4 Å². The van der Waals surface area contributed by atoms with Crippen LogP contribution in [-0.4, -0.2) is 49.7 Å². The third-order valence-corrected chi connectivity index (χ3v) is 7.36. The number of thiophene rings is 1. The van der Waals surface area contributed by atoms with Crippen LogP contribution in [0, 0.1) is 5.92 Å². The Morgan fingerprint density at radius 2 is 2.22 bits per heavy atom. The number of carbonyl (C=O) groups is 1. The fourth-order valence-corrected chi connectivity index (χ4v) is 5.99. The smallest absolute Gasteiger partial charge is 0.221 e. The Morgan fingerprint density at radius 1 is 1.37 bits per heavy atom.